The van der Waals surface area contributed by atoms with E-state index in [0.29, 0.717) is 5.69 Å². The lowest BCUT2D eigenvalue weighted by Gasteiger charge is -2.23. The highest BCUT2D eigenvalue weighted by Gasteiger charge is 2.23. The molecule has 1 aliphatic heterocycles. The summed E-state index contributed by atoms with van der Waals surface area (Å²) >= 11 is 3.04. The van der Waals surface area contributed by atoms with E-state index in [4.69, 9.17) is 0 Å². The molecule has 1 saturated heterocycles. The molecule has 0 radical (unpaired) electrons. The SMILES string of the molecule is O=C1CNC(C(=O)Nc2ccc(F)c(Br)c2)CN1. The molecule has 0 bridgehead atoms. The van der Waals surface area contributed by atoms with Crippen molar-refractivity contribution >= 4 is 33.4 Å². The van der Waals surface area contributed by atoms with Crippen molar-refractivity contribution in [1.82, 2.24) is 10.6 Å². The Labute approximate surface area is 111 Å². The van der Waals surface area contributed by atoms with Gasteiger partial charge < -0.3 is 10.6 Å². The molecule has 1 aromatic rings. The predicted molar refractivity (Wildman–Crippen MR) is 67.5 cm³/mol. The summed E-state index contributed by atoms with van der Waals surface area (Å²) in [5.41, 5.74) is 0.493. The number of carbonyl (C=O) groups excluding carboxylic acids is 2. The van der Waals surface area contributed by atoms with E-state index < -0.39 is 11.9 Å². The van der Waals surface area contributed by atoms with Crippen molar-refractivity contribution < 1.29 is 14.0 Å². The molecule has 0 spiro atoms. The molecular weight excluding hydrogens is 305 g/mol. The van der Waals surface area contributed by atoms with Crippen LogP contribution in [0.1, 0.15) is 0 Å². The molecule has 5 nitrogen and oxygen atoms in total. The van der Waals surface area contributed by atoms with Gasteiger partial charge in [-0.3, -0.25) is 14.9 Å². The van der Waals surface area contributed by atoms with E-state index in [0.717, 1.165) is 0 Å². The van der Waals surface area contributed by atoms with Gasteiger partial charge in [0.25, 0.3) is 0 Å². The van der Waals surface area contributed by atoms with Crippen molar-refractivity contribution in [3.63, 3.8) is 0 Å². The molecular formula is C11H11BrFN3O2. The Kier molecular flexibility index (Phi) is 3.93. The van der Waals surface area contributed by atoms with Gasteiger partial charge in [0.05, 0.1) is 11.0 Å². The molecule has 3 N–H and O–H groups in total. The Hall–Kier alpha value is -1.47. The maximum Gasteiger partial charge on any atom is 0.243 e. The molecule has 2 amide bonds. The third-order valence-corrected chi connectivity index (χ3v) is 3.12. The molecule has 0 aliphatic carbocycles. The fourth-order valence-corrected chi connectivity index (χ4v) is 1.93. The number of nitrogens with one attached hydrogen (secondary N) is 3. The average Bonchev–Trinajstić information content (AvgIpc) is 2.34. The van der Waals surface area contributed by atoms with Crippen LogP contribution in [0.4, 0.5) is 10.1 Å². The van der Waals surface area contributed by atoms with Crippen LogP contribution in [0.15, 0.2) is 22.7 Å². The second kappa shape index (κ2) is 5.45. The Morgan fingerprint density at radius 1 is 1.50 bits per heavy atom. The molecule has 2 rings (SSSR count). The number of rotatable bonds is 2. The Bertz CT molecular complexity index is 485. The predicted octanol–water partition coefficient (Wildman–Crippen LogP) is 0.615. The van der Waals surface area contributed by atoms with Crippen LogP contribution in [0.2, 0.25) is 0 Å². The van der Waals surface area contributed by atoms with Crippen molar-refractivity contribution in [3.05, 3.63) is 28.5 Å². The van der Waals surface area contributed by atoms with Gasteiger partial charge in [-0.05, 0) is 34.1 Å². The smallest absolute Gasteiger partial charge is 0.243 e. The van der Waals surface area contributed by atoms with E-state index in [9.17, 15) is 14.0 Å². The molecule has 7 heteroatoms. The number of benzene rings is 1. The van der Waals surface area contributed by atoms with Crippen LogP contribution in [-0.2, 0) is 9.59 Å². The van der Waals surface area contributed by atoms with Crippen molar-refractivity contribution in [2.75, 3.05) is 18.4 Å². The second-order valence-electron chi connectivity index (χ2n) is 3.86. The molecule has 0 saturated carbocycles. The summed E-state index contributed by atoms with van der Waals surface area (Å²) in [6.45, 7) is 0.359. The van der Waals surface area contributed by atoms with E-state index in [2.05, 4.69) is 31.9 Å². The summed E-state index contributed by atoms with van der Waals surface area (Å²) in [5, 5.41) is 8.04. The van der Waals surface area contributed by atoms with Crippen LogP contribution in [0.25, 0.3) is 0 Å². The molecule has 96 valence electrons. The van der Waals surface area contributed by atoms with Crippen molar-refractivity contribution in [2.24, 2.45) is 0 Å². The lowest BCUT2D eigenvalue weighted by molar-refractivity contribution is -0.124. The number of hydrogen-bond acceptors (Lipinski definition) is 3. The quantitative estimate of drug-likeness (QED) is 0.749. The largest absolute Gasteiger partial charge is 0.353 e. The van der Waals surface area contributed by atoms with Crippen molar-refractivity contribution in [2.45, 2.75) is 6.04 Å². The van der Waals surface area contributed by atoms with Gasteiger partial charge in [-0.25, -0.2) is 4.39 Å². The first-order chi connectivity index (χ1) is 8.56. The molecule has 18 heavy (non-hydrogen) atoms. The molecule has 0 aromatic heterocycles. The summed E-state index contributed by atoms with van der Waals surface area (Å²) in [6.07, 6.45) is 0. The van der Waals surface area contributed by atoms with E-state index in [1.165, 1.54) is 18.2 Å². The van der Waals surface area contributed by atoms with Gasteiger partial charge >= 0.3 is 0 Å². The fourth-order valence-electron chi connectivity index (χ4n) is 1.56. The lowest BCUT2D eigenvalue weighted by atomic mass is 10.2. The summed E-state index contributed by atoms with van der Waals surface area (Å²) < 4.78 is 13.3. The maximum absolute atomic E-state index is 13.0. The Morgan fingerprint density at radius 2 is 2.28 bits per heavy atom. The zero-order valence-electron chi connectivity index (χ0n) is 9.30. The highest BCUT2D eigenvalue weighted by Crippen LogP contribution is 2.20. The molecule has 1 heterocycles. The molecule has 1 aliphatic rings. The first-order valence-electron chi connectivity index (χ1n) is 5.32. The van der Waals surface area contributed by atoms with E-state index in [1.807, 2.05) is 0 Å². The first kappa shape index (κ1) is 13.0. The first-order valence-corrected chi connectivity index (χ1v) is 6.11. The van der Waals surface area contributed by atoms with Gasteiger partial charge in [-0.1, -0.05) is 0 Å². The number of carbonyl (C=O) groups is 2. The second-order valence-corrected chi connectivity index (χ2v) is 4.71. The highest BCUT2D eigenvalue weighted by molar-refractivity contribution is 9.10. The van der Waals surface area contributed by atoms with Crippen LogP contribution < -0.4 is 16.0 Å². The van der Waals surface area contributed by atoms with Crippen molar-refractivity contribution in [3.8, 4) is 0 Å². The lowest BCUT2D eigenvalue weighted by Crippen LogP contribution is -2.56. The van der Waals surface area contributed by atoms with Crippen LogP contribution in [0, 0.1) is 5.82 Å². The number of piperazine rings is 1. The minimum Gasteiger partial charge on any atom is -0.353 e. The minimum absolute atomic E-state index is 0.116. The van der Waals surface area contributed by atoms with E-state index in [-0.39, 0.29) is 29.4 Å². The Morgan fingerprint density at radius 3 is 2.89 bits per heavy atom. The number of hydrogen-bond donors (Lipinski definition) is 3. The average molecular weight is 316 g/mol. The third kappa shape index (κ3) is 3.05. The summed E-state index contributed by atoms with van der Waals surface area (Å²) in [7, 11) is 0. The Balaban J connectivity index is 1.98. The summed E-state index contributed by atoms with van der Waals surface area (Å²) in [5.74, 6) is -0.798. The zero-order valence-corrected chi connectivity index (χ0v) is 10.9. The topological polar surface area (TPSA) is 70.2 Å². The van der Waals surface area contributed by atoms with Crippen LogP contribution in [0.3, 0.4) is 0 Å². The highest BCUT2D eigenvalue weighted by atomic mass is 79.9. The number of amides is 2. The molecule has 1 atom stereocenters. The van der Waals surface area contributed by atoms with Crippen LogP contribution in [0.5, 0.6) is 0 Å². The van der Waals surface area contributed by atoms with E-state index >= 15 is 0 Å². The monoisotopic (exact) mass is 315 g/mol. The standard InChI is InChI=1S/C11H11BrFN3O2/c12-7-3-6(1-2-8(7)13)16-11(18)9-4-15-10(17)5-14-9/h1-3,9,14H,4-5H2,(H,15,17)(H,16,18). The van der Waals surface area contributed by atoms with Gasteiger partial charge in [-0.15, -0.1) is 0 Å². The van der Waals surface area contributed by atoms with Gasteiger partial charge in [0.2, 0.25) is 11.8 Å². The number of anilines is 1. The van der Waals surface area contributed by atoms with Gasteiger partial charge in [0.1, 0.15) is 11.9 Å². The van der Waals surface area contributed by atoms with Crippen LogP contribution >= 0.6 is 15.9 Å². The minimum atomic E-state index is -0.480. The normalized spacial score (nSPS) is 19.2. The summed E-state index contributed by atoms with van der Waals surface area (Å²) in [6, 6.07) is 3.73. The fraction of sp³-hybridized carbons (Fsp3) is 0.273. The van der Waals surface area contributed by atoms with Crippen LogP contribution in [-0.4, -0.2) is 30.9 Å². The van der Waals surface area contributed by atoms with Gasteiger partial charge in [0.15, 0.2) is 0 Å². The summed E-state index contributed by atoms with van der Waals surface area (Å²) in [4.78, 5) is 22.8. The van der Waals surface area contributed by atoms with Crippen molar-refractivity contribution in [1.29, 1.82) is 0 Å². The third-order valence-electron chi connectivity index (χ3n) is 2.52. The van der Waals surface area contributed by atoms with Gasteiger partial charge in [-0.2, -0.15) is 0 Å². The molecule has 1 fully saturated rings. The maximum atomic E-state index is 13.0. The van der Waals surface area contributed by atoms with Gasteiger partial charge in [0, 0.05) is 12.2 Å². The molecule has 1 unspecified atom stereocenters. The molecule has 1 aromatic carbocycles. The van der Waals surface area contributed by atoms with E-state index in [1.54, 1.807) is 0 Å². The number of halogens is 2. The zero-order chi connectivity index (χ0) is 13.1.